The van der Waals surface area contributed by atoms with Gasteiger partial charge in [0.2, 0.25) is 5.91 Å². The molecule has 1 fully saturated rings. The molecule has 0 N–H and O–H groups in total. The van der Waals surface area contributed by atoms with Crippen LogP contribution in [-0.4, -0.2) is 41.9 Å². The van der Waals surface area contributed by atoms with Gasteiger partial charge in [0.25, 0.3) is 0 Å². The predicted molar refractivity (Wildman–Crippen MR) is 121 cm³/mol. The van der Waals surface area contributed by atoms with Crippen LogP contribution in [0.3, 0.4) is 0 Å². The highest BCUT2D eigenvalue weighted by atomic mass is 79.9. The zero-order chi connectivity index (χ0) is 20.9. The number of hydrogen-bond acceptors (Lipinski definition) is 2. The lowest BCUT2D eigenvalue weighted by Crippen LogP contribution is -2.50. The van der Waals surface area contributed by atoms with E-state index in [0.717, 1.165) is 23.1 Å². The van der Waals surface area contributed by atoms with Crippen LogP contribution in [0.2, 0.25) is 0 Å². The molecule has 5 heteroatoms. The highest BCUT2D eigenvalue weighted by Gasteiger charge is 2.28. The first-order valence-corrected chi connectivity index (χ1v) is 11.0. The largest absolute Gasteiger partial charge is 0.340 e. The van der Waals surface area contributed by atoms with E-state index in [1.807, 2.05) is 11.0 Å². The second kappa shape index (κ2) is 9.54. The van der Waals surface area contributed by atoms with Crippen molar-refractivity contribution < 1.29 is 9.18 Å². The van der Waals surface area contributed by atoms with Gasteiger partial charge in [-0.3, -0.25) is 9.69 Å². The summed E-state index contributed by atoms with van der Waals surface area (Å²) >= 11 is 3.52. The van der Waals surface area contributed by atoms with Gasteiger partial charge in [0, 0.05) is 30.7 Å². The molecule has 1 atom stereocenters. The quantitative estimate of drug-likeness (QED) is 0.524. The third-order valence-corrected chi connectivity index (χ3v) is 6.13. The summed E-state index contributed by atoms with van der Waals surface area (Å²) in [5, 5.41) is 0. The molecular formula is C25H24BrFN2O. The van der Waals surface area contributed by atoms with Crippen molar-refractivity contribution in [2.45, 2.75) is 12.5 Å². The maximum Gasteiger partial charge on any atom is 0.227 e. The standard InChI is InChI=1S/C25H24BrFN2O/c26-22-10-8-21(9-11-22)25(20-4-2-1-3-5-20)29-16-14-28(15-17-29)24(30)18-19-6-12-23(27)13-7-19/h1-13,25H,14-18H2. The number of carbonyl (C=O) groups excluding carboxylic acids is 1. The summed E-state index contributed by atoms with van der Waals surface area (Å²) in [6, 6.07) is 25.3. The van der Waals surface area contributed by atoms with E-state index < -0.39 is 0 Å². The number of hydrogen-bond donors (Lipinski definition) is 0. The molecule has 0 saturated carbocycles. The number of halogens is 2. The summed E-state index contributed by atoms with van der Waals surface area (Å²) in [5.41, 5.74) is 3.35. The van der Waals surface area contributed by atoms with Crippen molar-refractivity contribution in [3.8, 4) is 0 Å². The predicted octanol–water partition coefficient (Wildman–Crippen LogP) is 5.06. The Kier molecular flexibility index (Phi) is 6.60. The lowest BCUT2D eigenvalue weighted by molar-refractivity contribution is -0.132. The first-order valence-electron chi connectivity index (χ1n) is 10.2. The molecule has 0 bridgehead atoms. The van der Waals surface area contributed by atoms with Crippen LogP contribution in [-0.2, 0) is 11.2 Å². The number of nitrogens with zero attached hydrogens (tertiary/aromatic N) is 2. The zero-order valence-corrected chi connectivity index (χ0v) is 18.3. The SMILES string of the molecule is O=C(Cc1ccc(F)cc1)N1CCN(C(c2ccccc2)c2ccc(Br)cc2)CC1. The number of piperazine rings is 1. The summed E-state index contributed by atoms with van der Waals surface area (Å²) in [7, 11) is 0. The minimum atomic E-state index is -0.278. The number of benzene rings is 3. The number of rotatable bonds is 5. The maximum atomic E-state index is 13.1. The van der Waals surface area contributed by atoms with E-state index in [4.69, 9.17) is 0 Å². The molecule has 1 aliphatic heterocycles. The summed E-state index contributed by atoms with van der Waals surface area (Å²) in [6.07, 6.45) is 0.315. The molecule has 0 radical (unpaired) electrons. The second-order valence-electron chi connectivity index (χ2n) is 7.58. The highest BCUT2D eigenvalue weighted by molar-refractivity contribution is 9.10. The van der Waals surface area contributed by atoms with Gasteiger partial charge in [-0.25, -0.2) is 4.39 Å². The maximum absolute atomic E-state index is 13.1. The smallest absolute Gasteiger partial charge is 0.227 e. The summed E-state index contributed by atoms with van der Waals surface area (Å²) in [4.78, 5) is 17.1. The minimum Gasteiger partial charge on any atom is -0.340 e. The Balaban J connectivity index is 1.45. The summed E-state index contributed by atoms with van der Waals surface area (Å²) in [6.45, 7) is 3.01. The molecule has 1 saturated heterocycles. The Labute approximate surface area is 185 Å². The zero-order valence-electron chi connectivity index (χ0n) is 16.7. The molecule has 0 aromatic heterocycles. The molecule has 3 aromatic rings. The average Bonchev–Trinajstić information content (AvgIpc) is 2.78. The fourth-order valence-corrected chi connectivity index (χ4v) is 4.28. The van der Waals surface area contributed by atoms with Gasteiger partial charge in [-0.2, -0.15) is 0 Å². The Morgan fingerprint density at radius 1 is 0.833 bits per heavy atom. The lowest BCUT2D eigenvalue weighted by atomic mass is 9.96. The van der Waals surface area contributed by atoms with Crippen molar-refractivity contribution in [1.82, 2.24) is 9.80 Å². The van der Waals surface area contributed by atoms with Gasteiger partial charge in [0.15, 0.2) is 0 Å². The fourth-order valence-electron chi connectivity index (χ4n) is 4.01. The van der Waals surface area contributed by atoms with Gasteiger partial charge in [-0.15, -0.1) is 0 Å². The van der Waals surface area contributed by atoms with E-state index >= 15 is 0 Å². The molecular weight excluding hydrogens is 443 g/mol. The van der Waals surface area contributed by atoms with Gasteiger partial charge < -0.3 is 4.90 Å². The van der Waals surface area contributed by atoms with Crippen molar-refractivity contribution >= 4 is 21.8 Å². The van der Waals surface area contributed by atoms with Crippen LogP contribution in [0.5, 0.6) is 0 Å². The molecule has 3 nitrogen and oxygen atoms in total. The molecule has 0 aliphatic carbocycles. The third kappa shape index (κ3) is 4.97. The van der Waals surface area contributed by atoms with Crippen molar-refractivity contribution in [2.75, 3.05) is 26.2 Å². The minimum absolute atomic E-state index is 0.0983. The number of amides is 1. The Bertz CT molecular complexity index is 968. The molecule has 1 amide bonds. The van der Waals surface area contributed by atoms with Gasteiger partial charge in [-0.05, 0) is 41.0 Å². The lowest BCUT2D eigenvalue weighted by Gasteiger charge is -2.40. The van der Waals surface area contributed by atoms with Crippen LogP contribution in [0, 0.1) is 5.82 Å². The van der Waals surface area contributed by atoms with Crippen molar-refractivity contribution in [1.29, 1.82) is 0 Å². The van der Waals surface area contributed by atoms with Crippen LogP contribution in [0.1, 0.15) is 22.7 Å². The normalized spacial score (nSPS) is 15.7. The van der Waals surface area contributed by atoms with E-state index in [1.165, 1.54) is 23.3 Å². The molecule has 1 aliphatic rings. The first-order chi connectivity index (χ1) is 14.6. The fraction of sp³-hybridized carbons (Fsp3) is 0.240. The third-order valence-electron chi connectivity index (χ3n) is 5.60. The molecule has 4 rings (SSSR count). The van der Waals surface area contributed by atoms with Crippen LogP contribution >= 0.6 is 15.9 Å². The molecule has 30 heavy (non-hydrogen) atoms. The van der Waals surface area contributed by atoms with E-state index in [2.05, 4.69) is 69.4 Å². The van der Waals surface area contributed by atoms with Crippen LogP contribution in [0.25, 0.3) is 0 Å². The Hall–Kier alpha value is -2.50. The van der Waals surface area contributed by atoms with Crippen LogP contribution in [0.4, 0.5) is 4.39 Å². The Morgan fingerprint density at radius 2 is 1.43 bits per heavy atom. The molecule has 154 valence electrons. The first kappa shape index (κ1) is 20.8. The van der Waals surface area contributed by atoms with E-state index in [9.17, 15) is 9.18 Å². The van der Waals surface area contributed by atoms with Crippen molar-refractivity contribution in [2.24, 2.45) is 0 Å². The van der Waals surface area contributed by atoms with Gasteiger partial charge >= 0.3 is 0 Å². The van der Waals surface area contributed by atoms with Gasteiger partial charge in [-0.1, -0.05) is 70.5 Å². The van der Waals surface area contributed by atoms with Crippen LogP contribution < -0.4 is 0 Å². The molecule has 1 heterocycles. The molecule has 3 aromatic carbocycles. The topological polar surface area (TPSA) is 23.6 Å². The summed E-state index contributed by atoms with van der Waals surface area (Å²) in [5.74, 6) is -0.180. The van der Waals surface area contributed by atoms with Gasteiger partial charge in [0.1, 0.15) is 5.82 Å². The van der Waals surface area contributed by atoms with Crippen molar-refractivity contribution in [3.05, 3.63) is 106 Å². The Morgan fingerprint density at radius 3 is 2.07 bits per heavy atom. The van der Waals surface area contributed by atoms with E-state index in [1.54, 1.807) is 12.1 Å². The van der Waals surface area contributed by atoms with Crippen LogP contribution in [0.15, 0.2) is 83.3 Å². The van der Waals surface area contributed by atoms with Crippen molar-refractivity contribution in [3.63, 3.8) is 0 Å². The average molecular weight is 467 g/mol. The second-order valence-corrected chi connectivity index (χ2v) is 8.50. The summed E-state index contributed by atoms with van der Waals surface area (Å²) < 4.78 is 14.2. The highest BCUT2D eigenvalue weighted by Crippen LogP contribution is 2.30. The van der Waals surface area contributed by atoms with E-state index in [0.29, 0.717) is 19.5 Å². The number of carbonyl (C=O) groups is 1. The van der Waals surface area contributed by atoms with Gasteiger partial charge in [0.05, 0.1) is 12.5 Å². The molecule has 1 unspecified atom stereocenters. The molecule has 0 spiro atoms. The van der Waals surface area contributed by atoms with E-state index in [-0.39, 0.29) is 17.8 Å². The monoisotopic (exact) mass is 466 g/mol.